The second kappa shape index (κ2) is 11.6. The average Bonchev–Trinajstić information content (AvgIpc) is 3.11. The molecule has 0 aliphatic carbocycles. The molecule has 2 aliphatic rings. The molecule has 37 heavy (non-hydrogen) atoms. The van der Waals surface area contributed by atoms with Gasteiger partial charge in [0, 0.05) is 25.1 Å². The molecule has 1 aromatic rings. The summed E-state index contributed by atoms with van der Waals surface area (Å²) >= 11 is 0. The minimum absolute atomic E-state index is 0.137. The topological polar surface area (TPSA) is 245 Å². The van der Waals surface area contributed by atoms with Crippen LogP contribution in [0.3, 0.4) is 0 Å². The Bertz CT molecular complexity index is 1200. The zero-order valence-corrected chi connectivity index (χ0v) is 21.7. The first kappa shape index (κ1) is 29.8. The highest BCUT2D eigenvalue weighted by Gasteiger charge is 2.45. The van der Waals surface area contributed by atoms with Crippen molar-refractivity contribution >= 4 is 21.6 Å². The second-order valence-electron chi connectivity index (χ2n) is 8.68. The molecule has 9 atom stereocenters. The van der Waals surface area contributed by atoms with Gasteiger partial charge in [0.1, 0.15) is 18.4 Å². The number of nitrogens with zero attached hydrogens (tertiary/aromatic N) is 1. The van der Waals surface area contributed by atoms with Crippen LogP contribution in [0.5, 0.6) is 0 Å². The summed E-state index contributed by atoms with van der Waals surface area (Å²) in [5, 5.41) is 23.0. The van der Waals surface area contributed by atoms with Gasteiger partial charge in [0.05, 0.1) is 24.9 Å². The average molecular weight is 573 g/mol. The number of aromatic amines is 1. The van der Waals surface area contributed by atoms with E-state index in [0.717, 1.165) is 4.57 Å². The number of nitrogens with one attached hydrogen (secondary N) is 2. The maximum absolute atomic E-state index is 12.3. The Morgan fingerprint density at radius 2 is 1.89 bits per heavy atom. The van der Waals surface area contributed by atoms with Crippen molar-refractivity contribution in [3.8, 4) is 0 Å². The van der Waals surface area contributed by atoms with E-state index in [9.17, 15) is 43.5 Å². The van der Waals surface area contributed by atoms with Crippen molar-refractivity contribution in [2.75, 3.05) is 6.61 Å². The summed E-state index contributed by atoms with van der Waals surface area (Å²) in [6.07, 6.45) is -6.36. The summed E-state index contributed by atoms with van der Waals surface area (Å²) in [7, 11) is -10.7. The fourth-order valence-corrected chi connectivity index (χ4v) is 6.01. The van der Waals surface area contributed by atoms with Crippen molar-refractivity contribution < 1.29 is 56.8 Å². The molecule has 1 aromatic heterocycles. The summed E-state index contributed by atoms with van der Waals surface area (Å²) in [5.74, 6) is -0.479. The van der Waals surface area contributed by atoms with Crippen LogP contribution in [-0.2, 0) is 36.8 Å². The highest BCUT2D eigenvalue weighted by Crippen LogP contribution is 2.61. The zero-order chi connectivity index (χ0) is 27.7. The van der Waals surface area contributed by atoms with Crippen molar-refractivity contribution in [3.05, 3.63) is 32.6 Å². The Morgan fingerprint density at radius 3 is 2.54 bits per heavy atom. The van der Waals surface area contributed by atoms with Crippen molar-refractivity contribution in [2.45, 2.75) is 76.6 Å². The van der Waals surface area contributed by atoms with Crippen LogP contribution in [0.1, 0.15) is 38.5 Å². The fraction of sp³-hybridized carbons (Fsp3) is 0.722. The number of ether oxygens (including phenoxy) is 2. The molecule has 2 aliphatic heterocycles. The Kier molecular flexibility index (Phi) is 9.31. The molecule has 0 aromatic carbocycles. The van der Waals surface area contributed by atoms with E-state index in [2.05, 4.69) is 19.1 Å². The fourth-order valence-electron chi connectivity index (χ4n) is 3.85. The standard InChI is InChI=1S/C18H29N3O14P2/c1-8-6-21(18(26)20-16(8)25)14-5-12(23)13(33-14)7-31-36(27,28)35-37(29,30)34-17-15(24)11(19-10(3)22)4-9(2)32-17/h6,9,11-15,17,23-24H,4-5,7H2,1-3H3,(H,19,22)(H,27,28)(H,29,30)(H,20,25,26). The number of H-pyrrole nitrogens is 1. The SMILES string of the molecule is CC(=O)NC1CC(C)OC(OP(=O)(O)OP(=O)(O)OCC2OC(n3cc(C)c(=O)[nH]c3=O)CC2O)C1O. The number of rotatable bonds is 9. The minimum Gasteiger partial charge on any atom is -0.390 e. The normalized spacial score (nSPS) is 33.4. The van der Waals surface area contributed by atoms with Gasteiger partial charge in [0.25, 0.3) is 5.56 Å². The molecule has 210 valence electrons. The van der Waals surface area contributed by atoms with Gasteiger partial charge < -0.3 is 34.8 Å². The van der Waals surface area contributed by atoms with Crippen molar-refractivity contribution in [1.29, 1.82) is 0 Å². The van der Waals surface area contributed by atoms with Crippen molar-refractivity contribution in [1.82, 2.24) is 14.9 Å². The van der Waals surface area contributed by atoms with Crippen LogP contribution in [0, 0.1) is 6.92 Å². The molecule has 2 saturated heterocycles. The lowest BCUT2D eigenvalue weighted by Crippen LogP contribution is -2.55. The van der Waals surface area contributed by atoms with E-state index in [4.69, 9.17) is 14.0 Å². The number of carbonyl (C=O) groups is 1. The molecule has 0 bridgehead atoms. The van der Waals surface area contributed by atoms with Gasteiger partial charge >= 0.3 is 21.3 Å². The molecule has 17 nitrogen and oxygen atoms in total. The molecule has 19 heteroatoms. The first-order valence-corrected chi connectivity index (χ1v) is 14.0. The van der Waals surface area contributed by atoms with E-state index < -0.39 is 82.4 Å². The molecule has 9 unspecified atom stereocenters. The summed E-state index contributed by atoms with van der Waals surface area (Å²) < 4.78 is 50.0. The molecule has 0 saturated carbocycles. The number of amides is 1. The molecule has 1 amide bonds. The van der Waals surface area contributed by atoms with E-state index in [1.807, 2.05) is 0 Å². The number of phosphoric acid groups is 2. The molecule has 0 spiro atoms. The Labute approximate surface area is 209 Å². The smallest absolute Gasteiger partial charge is 0.390 e. The largest absolute Gasteiger partial charge is 0.483 e. The van der Waals surface area contributed by atoms with E-state index in [0.29, 0.717) is 0 Å². The molecular weight excluding hydrogens is 544 g/mol. The highest BCUT2D eigenvalue weighted by atomic mass is 31.3. The van der Waals surface area contributed by atoms with Gasteiger partial charge in [-0.1, -0.05) is 0 Å². The Hall–Kier alpha value is -1.75. The number of aromatic nitrogens is 2. The Balaban J connectivity index is 1.59. The summed E-state index contributed by atoms with van der Waals surface area (Å²) in [6, 6.07) is -0.892. The van der Waals surface area contributed by atoms with E-state index >= 15 is 0 Å². The third-order valence-electron chi connectivity index (χ3n) is 5.54. The van der Waals surface area contributed by atoms with E-state index in [1.54, 1.807) is 6.92 Å². The van der Waals surface area contributed by atoms with Crippen LogP contribution in [0.15, 0.2) is 15.8 Å². The highest BCUT2D eigenvalue weighted by molar-refractivity contribution is 7.61. The number of hydrogen-bond donors (Lipinski definition) is 6. The van der Waals surface area contributed by atoms with Crippen LogP contribution in [-0.4, -0.2) is 78.8 Å². The molecule has 3 heterocycles. The van der Waals surface area contributed by atoms with Gasteiger partial charge in [-0.15, -0.1) is 0 Å². The molecular formula is C18H29N3O14P2. The number of aliphatic hydroxyl groups is 2. The first-order valence-electron chi connectivity index (χ1n) is 11.0. The van der Waals surface area contributed by atoms with Crippen LogP contribution >= 0.6 is 15.6 Å². The molecule has 3 rings (SSSR count). The van der Waals surface area contributed by atoms with Crippen LogP contribution in [0.25, 0.3) is 0 Å². The number of carbonyl (C=O) groups excluding carboxylic acids is 1. The van der Waals surface area contributed by atoms with Crippen molar-refractivity contribution in [2.24, 2.45) is 0 Å². The zero-order valence-electron chi connectivity index (χ0n) is 20.0. The lowest BCUT2D eigenvalue weighted by Gasteiger charge is -2.38. The van der Waals surface area contributed by atoms with Gasteiger partial charge in [-0.05, 0) is 20.3 Å². The molecule has 6 N–H and O–H groups in total. The predicted octanol–water partition coefficient (Wildman–Crippen LogP) is -1.26. The monoisotopic (exact) mass is 573 g/mol. The molecule has 2 fully saturated rings. The van der Waals surface area contributed by atoms with Gasteiger partial charge in [-0.3, -0.25) is 28.2 Å². The third-order valence-corrected chi connectivity index (χ3v) is 8.14. The number of hydrogen-bond acceptors (Lipinski definition) is 12. The number of phosphoric ester groups is 2. The third kappa shape index (κ3) is 7.88. The lowest BCUT2D eigenvalue weighted by atomic mass is 10.0. The maximum atomic E-state index is 12.3. The minimum atomic E-state index is -5.38. The Morgan fingerprint density at radius 1 is 1.22 bits per heavy atom. The lowest BCUT2D eigenvalue weighted by molar-refractivity contribution is -0.212. The van der Waals surface area contributed by atoms with Crippen molar-refractivity contribution in [3.63, 3.8) is 0 Å². The second-order valence-corrected chi connectivity index (χ2v) is 11.7. The first-order chi connectivity index (χ1) is 17.1. The van der Waals surface area contributed by atoms with Crippen LogP contribution in [0.2, 0.25) is 0 Å². The van der Waals surface area contributed by atoms with E-state index in [-0.39, 0.29) is 18.4 Å². The maximum Gasteiger partial charge on any atom is 0.483 e. The van der Waals surface area contributed by atoms with Crippen LogP contribution in [0.4, 0.5) is 0 Å². The summed E-state index contributed by atoms with van der Waals surface area (Å²) in [5.41, 5.74) is -1.19. The number of aliphatic hydroxyl groups excluding tert-OH is 2. The predicted molar refractivity (Wildman–Crippen MR) is 121 cm³/mol. The van der Waals surface area contributed by atoms with Gasteiger partial charge in [0.2, 0.25) is 5.91 Å². The van der Waals surface area contributed by atoms with Gasteiger partial charge in [-0.25, -0.2) is 13.9 Å². The summed E-state index contributed by atoms with van der Waals surface area (Å²) in [4.78, 5) is 56.8. The quantitative estimate of drug-likeness (QED) is 0.189. The van der Waals surface area contributed by atoms with E-state index in [1.165, 1.54) is 20.0 Å². The summed E-state index contributed by atoms with van der Waals surface area (Å²) in [6.45, 7) is 3.40. The van der Waals surface area contributed by atoms with Gasteiger partial charge in [-0.2, -0.15) is 4.31 Å². The van der Waals surface area contributed by atoms with Gasteiger partial charge in [0.15, 0.2) is 6.29 Å². The molecule has 0 radical (unpaired) electrons. The van der Waals surface area contributed by atoms with Crippen LogP contribution < -0.4 is 16.6 Å². The number of aryl methyl sites for hydroxylation is 1.